The standard InChI is InChI=1S/C20H21FN2O2/c1-2-25-9-3-4-18(24)11-17-10-15-12-23-20(19(15)13-22-17)14-5-7-16(21)8-6-14/h5-8,10,13H,2-4,9,11-12H2,1H3. The number of aliphatic imine (C=N–C) groups is 1. The fraction of sp³-hybridized carbons (Fsp3) is 0.350. The average Bonchev–Trinajstić information content (AvgIpc) is 3.03. The highest BCUT2D eigenvalue weighted by atomic mass is 19.1. The van der Waals surface area contributed by atoms with Crippen molar-refractivity contribution in [2.75, 3.05) is 13.2 Å². The zero-order valence-electron chi connectivity index (χ0n) is 14.3. The van der Waals surface area contributed by atoms with Crippen molar-refractivity contribution in [2.24, 2.45) is 4.99 Å². The number of fused-ring (bicyclic) bond motifs is 1. The highest BCUT2D eigenvalue weighted by Crippen LogP contribution is 2.23. The monoisotopic (exact) mass is 340 g/mol. The second-order valence-corrected chi connectivity index (χ2v) is 6.02. The van der Waals surface area contributed by atoms with Crippen LogP contribution < -0.4 is 0 Å². The largest absolute Gasteiger partial charge is 0.382 e. The Bertz CT molecular complexity index is 785. The van der Waals surface area contributed by atoms with Crippen molar-refractivity contribution in [3.05, 3.63) is 64.7 Å². The Labute approximate surface area is 146 Å². The molecule has 1 aliphatic rings. The molecule has 2 aromatic rings. The molecule has 3 rings (SSSR count). The van der Waals surface area contributed by atoms with Crippen molar-refractivity contribution in [3.8, 4) is 0 Å². The molecular formula is C20H21FN2O2. The number of rotatable bonds is 8. The lowest BCUT2D eigenvalue weighted by atomic mass is 10.0. The number of pyridine rings is 1. The third-order valence-electron chi connectivity index (χ3n) is 4.15. The number of aromatic nitrogens is 1. The van der Waals surface area contributed by atoms with Gasteiger partial charge in [0.25, 0.3) is 0 Å². The van der Waals surface area contributed by atoms with E-state index in [-0.39, 0.29) is 11.6 Å². The van der Waals surface area contributed by atoms with Crippen LogP contribution in [0.1, 0.15) is 42.1 Å². The maximum absolute atomic E-state index is 13.1. The predicted octanol–water partition coefficient (Wildman–Crippen LogP) is 3.50. The van der Waals surface area contributed by atoms with Gasteiger partial charge in [0.1, 0.15) is 11.6 Å². The molecule has 130 valence electrons. The van der Waals surface area contributed by atoms with Gasteiger partial charge in [0, 0.05) is 49.1 Å². The SMILES string of the molecule is CCOCCCC(=O)Cc1cc2c(cn1)C(c1ccc(F)cc1)=NC2. The van der Waals surface area contributed by atoms with Crippen LogP contribution >= 0.6 is 0 Å². The van der Waals surface area contributed by atoms with Gasteiger partial charge in [0.2, 0.25) is 0 Å². The first-order valence-corrected chi connectivity index (χ1v) is 8.55. The second-order valence-electron chi connectivity index (χ2n) is 6.02. The first-order valence-electron chi connectivity index (χ1n) is 8.55. The minimum Gasteiger partial charge on any atom is -0.382 e. The van der Waals surface area contributed by atoms with Gasteiger partial charge in [-0.3, -0.25) is 14.8 Å². The quantitative estimate of drug-likeness (QED) is 0.691. The molecule has 0 unspecified atom stereocenters. The molecule has 0 saturated heterocycles. The number of hydrogen-bond acceptors (Lipinski definition) is 4. The number of ether oxygens (including phenoxy) is 1. The van der Waals surface area contributed by atoms with Gasteiger partial charge in [-0.15, -0.1) is 0 Å². The number of hydrogen-bond donors (Lipinski definition) is 0. The Kier molecular flexibility index (Phi) is 5.66. The number of nitrogens with zero attached hydrogens (tertiary/aromatic N) is 2. The molecular weight excluding hydrogens is 319 g/mol. The van der Waals surface area contributed by atoms with Gasteiger partial charge in [-0.05, 0) is 49.2 Å². The smallest absolute Gasteiger partial charge is 0.138 e. The van der Waals surface area contributed by atoms with E-state index in [2.05, 4.69) is 9.98 Å². The first kappa shape index (κ1) is 17.4. The first-order chi connectivity index (χ1) is 12.2. The van der Waals surface area contributed by atoms with Crippen LogP contribution in [0.4, 0.5) is 4.39 Å². The molecule has 25 heavy (non-hydrogen) atoms. The molecule has 0 N–H and O–H groups in total. The predicted molar refractivity (Wildman–Crippen MR) is 94.4 cm³/mol. The van der Waals surface area contributed by atoms with E-state index >= 15 is 0 Å². The van der Waals surface area contributed by atoms with Crippen molar-refractivity contribution in [1.29, 1.82) is 0 Å². The van der Waals surface area contributed by atoms with E-state index in [0.29, 0.717) is 32.6 Å². The molecule has 2 heterocycles. The number of halogens is 1. The third kappa shape index (κ3) is 4.37. The van der Waals surface area contributed by atoms with E-state index in [1.807, 2.05) is 13.0 Å². The topological polar surface area (TPSA) is 51.5 Å². The summed E-state index contributed by atoms with van der Waals surface area (Å²) in [7, 11) is 0. The van der Waals surface area contributed by atoms with Crippen molar-refractivity contribution in [3.63, 3.8) is 0 Å². The molecule has 0 saturated carbocycles. The highest BCUT2D eigenvalue weighted by Gasteiger charge is 2.19. The van der Waals surface area contributed by atoms with E-state index in [0.717, 1.165) is 34.5 Å². The summed E-state index contributed by atoms with van der Waals surface area (Å²) in [4.78, 5) is 21.0. The fourth-order valence-corrected chi connectivity index (χ4v) is 2.90. The molecule has 0 aliphatic carbocycles. The fourth-order valence-electron chi connectivity index (χ4n) is 2.90. The molecule has 4 nitrogen and oxygen atoms in total. The summed E-state index contributed by atoms with van der Waals surface area (Å²) in [6, 6.07) is 8.26. The highest BCUT2D eigenvalue weighted by molar-refractivity contribution is 6.14. The van der Waals surface area contributed by atoms with Crippen LogP contribution in [-0.2, 0) is 22.5 Å². The lowest BCUT2D eigenvalue weighted by molar-refractivity contribution is -0.118. The van der Waals surface area contributed by atoms with Gasteiger partial charge >= 0.3 is 0 Å². The van der Waals surface area contributed by atoms with E-state index in [9.17, 15) is 9.18 Å². The van der Waals surface area contributed by atoms with Crippen molar-refractivity contribution in [1.82, 2.24) is 4.98 Å². The van der Waals surface area contributed by atoms with Crippen LogP contribution in [0.15, 0.2) is 41.5 Å². The average molecular weight is 340 g/mol. The molecule has 0 radical (unpaired) electrons. The van der Waals surface area contributed by atoms with Crippen molar-refractivity contribution < 1.29 is 13.9 Å². The molecule has 0 spiro atoms. The Hall–Kier alpha value is -2.40. The van der Waals surface area contributed by atoms with Gasteiger partial charge in [-0.2, -0.15) is 0 Å². The van der Waals surface area contributed by atoms with Crippen LogP contribution in [-0.4, -0.2) is 29.7 Å². The van der Waals surface area contributed by atoms with Gasteiger partial charge < -0.3 is 4.74 Å². The van der Waals surface area contributed by atoms with Gasteiger partial charge in [0.15, 0.2) is 0 Å². The van der Waals surface area contributed by atoms with Crippen LogP contribution in [0.3, 0.4) is 0 Å². The zero-order valence-corrected chi connectivity index (χ0v) is 14.3. The van der Waals surface area contributed by atoms with E-state index < -0.39 is 0 Å². The van der Waals surface area contributed by atoms with Crippen molar-refractivity contribution in [2.45, 2.75) is 32.7 Å². The third-order valence-corrected chi connectivity index (χ3v) is 4.15. The van der Waals surface area contributed by atoms with Crippen LogP contribution in [0.5, 0.6) is 0 Å². The van der Waals surface area contributed by atoms with Crippen LogP contribution in [0.2, 0.25) is 0 Å². The molecule has 5 heteroatoms. The number of Topliss-reactive ketones (excluding diaryl/α,β-unsaturated/α-hetero) is 1. The summed E-state index contributed by atoms with van der Waals surface area (Å²) in [5.74, 6) is -0.0938. The summed E-state index contributed by atoms with van der Waals surface area (Å²) >= 11 is 0. The van der Waals surface area contributed by atoms with E-state index in [1.54, 1.807) is 18.3 Å². The lowest BCUT2D eigenvalue weighted by Crippen LogP contribution is -2.08. The summed E-state index contributed by atoms with van der Waals surface area (Å²) in [5, 5.41) is 0. The number of carbonyl (C=O) groups is 1. The Balaban J connectivity index is 1.64. The number of ketones is 1. The summed E-state index contributed by atoms with van der Waals surface area (Å²) in [6.07, 6.45) is 3.37. The summed E-state index contributed by atoms with van der Waals surface area (Å²) in [6.45, 7) is 3.81. The molecule has 1 aromatic carbocycles. The maximum Gasteiger partial charge on any atom is 0.138 e. The molecule has 0 atom stereocenters. The molecule has 1 aromatic heterocycles. The zero-order chi connectivity index (χ0) is 17.6. The number of carbonyl (C=O) groups excluding carboxylic acids is 1. The molecule has 0 bridgehead atoms. The molecule has 0 amide bonds. The van der Waals surface area contributed by atoms with E-state index in [1.165, 1.54) is 12.1 Å². The van der Waals surface area contributed by atoms with Gasteiger partial charge in [0.05, 0.1) is 12.3 Å². The maximum atomic E-state index is 13.1. The minimum atomic E-state index is -0.265. The van der Waals surface area contributed by atoms with E-state index in [4.69, 9.17) is 4.74 Å². The Morgan fingerprint density at radius 1 is 1.28 bits per heavy atom. The van der Waals surface area contributed by atoms with Crippen LogP contribution in [0.25, 0.3) is 0 Å². The van der Waals surface area contributed by atoms with Crippen LogP contribution in [0, 0.1) is 5.82 Å². The van der Waals surface area contributed by atoms with Crippen molar-refractivity contribution >= 4 is 11.5 Å². The number of benzene rings is 1. The molecule has 0 fully saturated rings. The normalized spacial score (nSPS) is 12.8. The lowest BCUT2D eigenvalue weighted by Gasteiger charge is -2.06. The molecule has 1 aliphatic heterocycles. The van der Waals surface area contributed by atoms with Gasteiger partial charge in [-0.1, -0.05) is 0 Å². The Morgan fingerprint density at radius 3 is 2.84 bits per heavy atom. The van der Waals surface area contributed by atoms with Gasteiger partial charge in [-0.25, -0.2) is 4.39 Å². The second kappa shape index (κ2) is 8.12. The Morgan fingerprint density at radius 2 is 2.08 bits per heavy atom. The summed E-state index contributed by atoms with van der Waals surface area (Å²) in [5.41, 5.74) is 4.50. The summed E-state index contributed by atoms with van der Waals surface area (Å²) < 4.78 is 18.3. The minimum absolute atomic E-state index is 0.171.